The van der Waals surface area contributed by atoms with Gasteiger partial charge < -0.3 is 10.6 Å². The molecule has 2 N–H and O–H groups in total. The van der Waals surface area contributed by atoms with Crippen molar-refractivity contribution in [3.63, 3.8) is 0 Å². The molecule has 0 aliphatic carbocycles. The summed E-state index contributed by atoms with van der Waals surface area (Å²) in [6, 6.07) is 16.8. The summed E-state index contributed by atoms with van der Waals surface area (Å²) >= 11 is 4.22. The number of benzene rings is 3. The molecule has 0 bridgehead atoms. The monoisotopic (exact) mass is 427 g/mol. The minimum Gasteiger partial charge on any atom is -0.330 e. The van der Waals surface area contributed by atoms with Gasteiger partial charge in [0.15, 0.2) is 0 Å². The fraction of sp³-hybridized carbons (Fsp3) is 0.0909. The highest BCUT2D eigenvalue weighted by Gasteiger charge is 2.16. The van der Waals surface area contributed by atoms with Crippen molar-refractivity contribution in [3.8, 4) is 0 Å². The lowest BCUT2D eigenvalue weighted by atomic mass is 10.1. The third kappa shape index (κ3) is 5.36. The van der Waals surface area contributed by atoms with Gasteiger partial charge in [-0.3, -0.25) is 4.79 Å². The Morgan fingerprint density at radius 1 is 0.933 bits per heavy atom. The smallest absolute Gasteiger partial charge is 0.330 e. The minimum atomic E-state index is -0.496. The van der Waals surface area contributed by atoms with E-state index in [1.807, 2.05) is 0 Å². The average Bonchev–Trinajstić information content (AvgIpc) is 2.74. The summed E-state index contributed by atoms with van der Waals surface area (Å²) in [6.45, 7) is 1.78. The first-order valence-electron chi connectivity index (χ1n) is 9.05. The lowest BCUT2D eigenvalue weighted by Crippen LogP contribution is -2.35. The van der Waals surface area contributed by atoms with E-state index in [0.29, 0.717) is 11.4 Å². The Kier molecular flexibility index (Phi) is 6.68. The maximum atomic E-state index is 13.3. The zero-order valence-electron chi connectivity index (χ0n) is 16.0. The molecule has 0 aliphatic rings. The van der Waals surface area contributed by atoms with Crippen LogP contribution in [0.25, 0.3) is 0 Å². The summed E-state index contributed by atoms with van der Waals surface area (Å²) < 4.78 is 27.4. The van der Waals surface area contributed by atoms with Crippen LogP contribution in [0.2, 0.25) is 0 Å². The molecule has 154 valence electrons. The lowest BCUT2D eigenvalue weighted by molar-refractivity contribution is 0.102. The van der Waals surface area contributed by atoms with Crippen LogP contribution in [0.4, 0.5) is 25.0 Å². The summed E-state index contributed by atoms with van der Waals surface area (Å²) in [5, 5.41) is 5.43. The highest BCUT2D eigenvalue weighted by Crippen LogP contribution is 2.21. The van der Waals surface area contributed by atoms with Crippen LogP contribution in [0.1, 0.15) is 28.9 Å². The number of nitrogens with one attached hydrogen (secondary N) is 2. The molecule has 0 aromatic heterocycles. The van der Waals surface area contributed by atoms with Crippen LogP contribution in [-0.4, -0.2) is 11.9 Å². The van der Waals surface area contributed by atoms with Gasteiger partial charge in [-0.05, 0) is 67.1 Å². The summed E-state index contributed by atoms with van der Waals surface area (Å²) in [4.78, 5) is 24.6. The molecule has 0 radical (unpaired) electrons. The number of halogens is 2. The Labute approximate surface area is 178 Å². The Hall–Kier alpha value is -3.39. The van der Waals surface area contributed by atoms with Crippen molar-refractivity contribution in [2.75, 3.05) is 9.62 Å². The lowest BCUT2D eigenvalue weighted by Gasteiger charge is -2.21. The fourth-order valence-electron chi connectivity index (χ4n) is 2.72. The fourth-order valence-corrected chi connectivity index (χ4v) is 2.91. The van der Waals surface area contributed by atoms with Gasteiger partial charge >= 0.3 is 6.03 Å². The molecule has 0 saturated heterocycles. The van der Waals surface area contributed by atoms with E-state index in [-0.39, 0.29) is 17.4 Å². The van der Waals surface area contributed by atoms with E-state index in [0.717, 1.165) is 15.9 Å². The van der Waals surface area contributed by atoms with Crippen molar-refractivity contribution in [2.45, 2.75) is 13.0 Å². The van der Waals surface area contributed by atoms with Gasteiger partial charge in [0.1, 0.15) is 11.6 Å². The van der Waals surface area contributed by atoms with E-state index >= 15 is 0 Å². The third-order valence-corrected chi connectivity index (χ3v) is 4.77. The number of nitrogens with zero attached hydrogens (tertiary/aromatic N) is 1. The molecule has 0 heterocycles. The van der Waals surface area contributed by atoms with Crippen LogP contribution in [0.3, 0.4) is 0 Å². The zero-order valence-corrected chi connectivity index (χ0v) is 16.9. The van der Waals surface area contributed by atoms with E-state index in [9.17, 15) is 18.4 Å². The van der Waals surface area contributed by atoms with Crippen LogP contribution in [-0.2, 0) is 0 Å². The van der Waals surface area contributed by atoms with Crippen molar-refractivity contribution in [3.05, 3.63) is 95.6 Å². The molecule has 1 unspecified atom stereocenters. The predicted molar refractivity (Wildman–Crippen MR) is 116 cm³/mol. The van der Waals surface area contributed by atoms with Gasteiger partial charge in [0.25, 0.3) is 5.91 Å². The molecule has 1 atom stereocenters. The summed E-state index contributed by atoms with van der Waals surface area (Å²) in [5.41, 5.74) is 1.91. The van der Waals surface area contributed by atoms with Crippen LogP contribution in [0.15, 0.2) is 72.8 Å². The normalized spacial score (nSPS) is 11.5. The van der Waals surface area contributed by atoms with Gasteiger partial charge in [0.05, 0.1) is 11.7 Å². The number of carbonyl (C=O) groups excluding carboxylic acids is 2. The van der Waals surface area contributed by atoms with Crippen molar-refractivity contribution in [1.29, 1.82) is 0 Å². The van der Waals surface area contributed by atoms with E-state index in [1.165, 1.54) is 30.3 Å². The number of carbonyl (C=O) groups is 2. The number of thiol groups is 1. The molecular weight excluding hydrogens is 408 g/mol. The first-order valence-corrected chi connectivity index (χ1v) is 9.45. The van der Waals surface area contributed by atoms with Crippen LogP contribution in [0, 0.1) is 11.6 Å². The van der Waals surface area contributed by atoms with Gasteiger partial charge in [-0.25, -0.2) is 17.9 Å². The number of anilines is 2. The molecule has 0 aliphatic heterocycles. The predicted octanol–water partition coefficient (Wildman–Crippen LogP) is 5.34. The molecule has 8 heteroatoms. The largest absolute Gasteiger partial charge is 0.332 e. The second-order valence-corrected chi connectivity index (χ2v) is 6.95. The second kappa shape index (κ2) is 9.41. The number of hydrogen-bond acceptors (Lipinski definition) is 3. The molecule has 3 aromatic carbocycles. The van der Waals surface area contributed by atoms with E-state index in [1.54, 1.807) is 43.3 Å². The highest BCUT2D eigenvalue weighted by atomic mass is 32.1. The summed E-state index contributed by atoms with van der Waals surface area (Å²) in [5.74, 6) is -1.29. The topological polar surface area (TPSA) is 61.4 Å². The highest BCUT2D eigenvalue weighted by molar-refractivity contribution is 7.82. The number of amides is 3. The molecule has 3 amide bonds. The molecule has 0 spiro atoms. The van der Waals surface area contributed by atoms with E-state index in [4.69, 9.17) is 0 Å². The first kappa shape index (κ1) is 21.3. The zero-order chi connectivity index (χ0) is 21.7. The number of urea groups is 1. The maximum Gasteiger partial charge on any atom is 0.332 e. The van der Waals surface area contributed by atoms with Gasteiger partial charge in [0.2, 0.25) is 0 Å². The maximum absolute atomic E-state index is 13.3. The summed E-state index contributed by atoms with van der Waals surface area (Å²) in [6.07, 6.45) is 0. The van der Waals surface area contributed by atoms with Crippen LogP contribution < -0.4 is 14.9 Å². The number of rotatable bonds is 5. The Bertz CT molecular complexity index is 1040. The Balaban J connectivity index is 1.61. The van der Waals surface area contributed by atoms with Crippen molar-refractivity contribution in [1.82, 2.24) is 5.32 Å². The number of hydrogen-bond donors (Lipinski definition) is 3. The van der Waals surface area contributed by atoms with Gasteiger partial charge in [-0.2, -0.15) is 0 Å². The third-order valence-electron chi connectivity index (χ3n) is 4.36. The summed E-state index contributed by atoms with van der Waals surface area (Å²) in [7, 11) is 0. The molecular formula is C22H19F2N3O2S. The Morgan fingerprint density at radius 2 is 1.60 bits per heavy atom. The van der Waals surface area contributed by atoms with E-state index in [2.05, 4.69) is 23.4 Å². The van der Waals surface area contributed by atoms with Crippen molar-refractivity contribution >= 4 is 36.1 Å². The van der Waals surface area contributed by atoms with Gasteiger partial charge in [0, 0.05) is 11.3 Å². The average molecular weight is 427 g/mol. The minimum absolute atomic E-state index is 0.198. The van der Waals surface area contributed by atoms with E-state index < -0.39 is 17.8 Å². The van der Waals surface area contributed by atoms with Crippen molar-refractivity contribution in [2.24, 2.45) is 0 Å². The molecule has 30 heavy (non-hydrogen) atoms. The second-order valence-electron chi connectivity index (χ2n) is 6.55. The molecule has 0 saturated carbocycles. The van der Waals surface area contributed by atoms with Crippen LogP contribution in [0.5, 0.6) is 0 Å². The molecule has 0 fully saturated rings. The standard InChI is InChI=1S/C22H19F2N3O2S/c1-14(15-5-7-17(23)8-6-15)25-22(29)27(30)20-11-9-19(10-12-20)26-21(28)16-3-2-4-18(24)13-16/h2-14,30H,1H3,(H,25,29)(H,26,28). The molecule has 3 aromatic rings. The van der Waals surface area contributed by atoms with Gasteiger partial charge in [-0.1, -0.05) is 31.0 Å². The van der Waals surface area contributed by atoms with Crippen LogP contribution >= 0.6 is 12.8 Å². The molecule has 3 rings (SSSR count). The Morgan fingerprint density at radius 3 is 2.23 bits per heavy atom. The molecule has 5 nitrogen and oxygen atoms in total. The van der Waals surface area contributed by atoms with Gasteiger partial charge in [-0.15, -0.1) is 0 Å². The quantitative estimate of drug-likeness (QED) is 0.482. The first-order chi connectivity index (χ1) is 14.3. The SMILES string of the molecule is CC(NC(=O)N(S)c1ccc(NC(=O)c2cccc(F)c2)cc1)c1ccc(F)cc1. The van der Waals surface area contributed by atoms with Crippen molar-refractivity contribution < 1.29 is 18.4 Å².